The molecule has 0 radical (unpaired) electrons. The highest BCUT2D eigenvalue weighted by molar-refractivity contribution is 6.36. The number of nitrogens with zero attached hydrogens (tertiary/aromatic N) is 6. The summed E-state index contributed by atoms with van der Waals surface area (Å²) in [6.45, 7) is 3.67. The highest BCUT2D eigenvalue weighted by Gasteiger charge is 2.21. The molecule has 31 heavy (non-hydrogen) atoms. The fraction of sp³-hybridized carbons (Fsp3) is 0.300. The van der Waals surface area contributed by atoms with Crippen LogP contribution in [0.15, 0.2) is 37.1 Å². The van der Waals surface area contributed by atoms with E-state index >= 15 is 0 Å². The van der Waals surface area contributed by atoms with Crippen LogP contribution in [-0.4, -0.2) is 42.6 Å². The van der Waals surface area contributed by atoms with Crippen LogP contribution in [0.3, 0.4) is 0 Å². The van der Waals surface area contributed by atoms with Gasteiger partial charge in [0.1, 0.15) is 12.1 Å². The molecule has 1 aliphatic rings. The third-order valence-electron chi connectivity index (χ3n) is 5.34. The van der Waals surface area contributed by atoms with Crippen molar-refractivity contribution < 1.29 is 9.23 Å². The minimum Gasteiger partial charge on any atom is -0.403 e. The lowest BCUT2D eigenvalue weighted by Crippen LogP contribution is -2.17. The maximum Gasteiger partial charge on any atom is 0.217 e. The molecule has 8 nitrogen and oxygen atoms in total. The van der Waals surface area contributed by atoms with E-state index in [1.807, 2.05) is 12.4 Å². The van der Waals surface area contributed by atoms with Crippen LogP contribution in [0.1, 0.15) is 36.5 Å². The summed E-state index contributed by atoms with van der Waals surface area (Å²) in [5, 5.41) is 8.01. The standard InChI is InChI=1S/C20H18Cl2FN7O/c1-11(17-14(21)2-3-15(23)18(17)22)31-30-10-26-19-20(30)28-16(8-25-19)29-9-13(7-27-29)12-4-5-24-6-12/h2-3,7-12,24H,4-6H2,1H3. The zero-order valence-electron chi connectivity index (χ0n) is 16.5. The average molecular weight is 462 g/mol. The molecule has 1 aliphatic heterocycles. The van der Waals surface area contributed by atoms with Crippen molar-refractivity contribution in [1.29, 1.82) is 0 Å². The summed E-state index contributed by atoms with van der Waals surface area (Å²) in [6, 6.07) is 2.66. The molecule has 0 amide bonds. The number of nitrogens with one attached hydrogen (secondary N) is 1. The van der Waals surface area contributed by atoms with Crippen molar-refractivity contribution in [1.82, 2.24) is 34.8 Å². The second-order valence-electron chi connectivity index (χ2n) is 7.36. The summed E-state index contributed by atoms with van der Waals surface area (Å²) in [4.78, 5) is 19.1. The van der Waals surface area contributed by atoms with Crippen LogP contribution >= 0.6 is 23.2 Å². The number of rotatable bonds is 5. The van der Waals surface area contributed by atoms with E-state index in [-0.39, 0.29) is 5.02 Å². The Hall–Kier alpha value is -2.75. The van der Waals surface area contributed by atoms with Crippen molar-refractivity contribution in [2.45, 2.75) is 25.4 Å². The molecule has 2 atom stereocenters. The van der Waals surface area contributed by atoms with Crippen LogP contribution in [0.2, 0.25) is 10.0 Å². The Morgan fingerprint density at radius 2 is 2.13 bits per heavy atom. The molecule has 160 valence electrons. The van der Waals surface area contributed by atoms with Gasteiger partial charge in [0.15, 0.2) is 11.9 Å². The normalized spacial score (nSPS) is 17.4. The zero-order chi connectivity index (χ0) is 21.5. The van der Waals surface area contributed by atoms with Gasteiger partial charge in [-0.2, -0.15) is 5.10 Å². The third-order valence-corrected chi connectivity index (χ3v) is 6.06. The van der Waals surface area contributed by atoms with Gasteiger partial charge in [0.25, 0.3) is 0 Å². The van der Waals surface area contributed by atoms with Gasteiger partial charge < -0.3 is 10.2 Å². The summed E-state index contributed by atoms with van der Waals surface area (Å²) in [7, 11) is 0. The summed E-state index contributed by atoms with van der Waals surface area (Å²) < 4.78 is 17.0. The molecular formula is C20H18Cl2FN7O. The van der Waals surface area contributed by atoms with Crippen molar-refractivity contribution in [3.63, 3.8) is 0 Å². The van der Waals surface area contributed by atoms with Crippen molar-refractivity contribution in [3.8, 4) is 5.82 Å². The number of halogens is 3. The maximum atomic E-state index is 13.9. The summed E-state index contributed by atoms with van der Waals surface area (Å²) >= 11 is 12.3. The van der Waals surface area contributed by atoms with E-state index in [9.17, 15) is 4.39 Å². The SMILES string of the molecule is CC(On1cnc2ncc(-n3cc(C4CCNC4)cn3)nc21)c1c(Cl)ccc(F)c1Cl. The fourth-order valence-electron chi connectivity index (χ4n) is 3.70. The minimum absolute atomic E-state index is 0.0818. The van der Waals surface area contributed by atoms with Crippen molar-refractivity contribution >= 4 is 34.5 Å². The second-order valence-corrected chi connectivity index (χ2v) is 8.14. The van der Waals surface area contributed by atoms with Gasteiger partial charge in [0.2, 0.25) is 11.3 Å². The van der Waals surface area contributed by atoms with Gasteiger partial charge in [-0.15, -0.1) is 4.73 Å². The van der Waals surface area contributed by atoms with Crippen LogP contribution in [0, 0.1) is 5.82 Å². The lowest BCUT2D eigenvalue weighted by Gasteiger charge is -2.17. The van der Waals surface area contributed by atoms with Crippen molar-refractivity contribution in [3.05, 3.63) is 64.0 Å². The van der Waals surface area contributed by atoms with Crippen LogP contribution in [0.5, 0.6) is 0 Å². The molecule has 0 saturated carbocycles. The van der Waals surface area contributed by atoms with E-state index in [0.717, 1.165) is 25.1 Å². The predicted octanol–water partition coefficient (Wildman–Crippen LogP) is 3.72. The van der Waals surface area contributed by atoms with Gasteiger partial charge in [-0.25, -0.2) is 24.0 Å². The van der Waals surface area contributed by atoms with Gasteiger partial charge in [0.05, 0.1) is 17.4 Å². The van der Waals surface area contributed by atoms with Gasteiger partial charge in [-0.3, -0.25) is 0 Å². The van der Waals surface area contributed by atoms with Crippen molar-refractivity contribution in [2.75, 3.05) is 13.1 Å². The second kappa shape index (κ2) is 8.07. The lowest BCUT2D eigenvalue weighted by atomic mass is 10.0. The van der Waals surface area contributed by atoms with E-state index in [1.54, 1.807) is 17.8 Å². The number of aromatic nitrogens is 6. The number of benzene rings is 1. The topological polar surface area (TPSA) is 82.7 Å². The highest BCUT2D eigenvalue weighted by atomic mass is 35.5. The molecule has 1 saturated heterocycles. The Balaban J connectivity index is 1.45. The lowest BCUT2D eigenvalue weighted by molar-refractivity contribution is 0.0540. The molecule has 11 heteroatoms. The Kier molecular flexibility index (Phi) is 5.25. The molecule has 1 aromatic carbocycles. The Labute approximate surface area is 186 Å². The monoisotopic (exact) mass is 461 g/mol. The smallest absolute Gasteiger partial charge is 0.217 e. The number of hydrogen-bond acceptors (Lipinski definition) is 6. The van der Waals surface area contributed by atoms with Crippen LogP contribution < -0.4 is 10.2 Å². The summed E-state index contributed by atoms with van der Waals surface area (Å²) in [6.07, 6.45) is 7.29. The predicted molar refractivity (Wildman–Crippen MR) is 114 cm³/mol. The van der Waals surface area contributed by atoms with E-state index < -0.39 is 11.9 Å². The van der Waals surface area contributed by atoms with E-state index in [2.05, 4.69) is 25.4 Å². The summed E-state index contributed by atoms with van der Waals surface area (Å²) in [5.74, 6) is 0.409. The van der Waals surface area contributed by atoms with Gasteiger partial charge in [0, 0.05) is 29.2 Å². The van der Waals surface area contributed by atoms with Crippen LogP contribution in [0.25, 0.3) is 17.1 Å². The number of imidazole rings is 1. The van der Waals surface area contributed by atoms with Crippen molar-refractivity contribution in [2.24, 2.45) is 0 Å². The number of hydrogen-bond donors (Lipinski definition) is 1. The fourth-order valence-corrected chi connectivity index (χ4v) is 4.38. The molecule has 4 heterocycles. The molecule has 0 spiro atoms. The van der Waals surface area contributed by atoms with Gasteiger partial charge in [-0.1, -0.05) is 23.2 Å². The molecule has 4 aromatic rings. The Morgan fingerprint density at radius 1 is 1.26 bits per heavy atom. The highest BCUT2D eigenvalue weighted by Crippen LogP contribution is 2.33. The minimum atomic E-state index is -0.662. The van der Waals surface area contributed by atoms with Crippen LogP contribution in [0.4, 0.5) is 4.39 Å². The zero-order valence-corrected chi connectivity index (χ0v) is 18.0. The first-order valence-corrected chi connectivity index (χ1v) is 10.5. The molecule has 5 rings (SSSR count). The Bertz CT molecular complexity index is 1250. The largest absolute Gasteiger partial charge is 0.403 e. The molecule has 0 aliphatic carbocycles. The molecular weight excluding hydrogens is 444 g/mol. The van der Waals surface area contributed by atoms with Gasteiger partial charge >= 0.3 is 0 Å². The van der Waals surface area contributed by atoms with Crippen LogP contribution in [-0.2, 0) is 0 Å². The van der Waals surface area contributed by atoms with E-state index in [0.29, 0.717) is 33.6 Å². The summed E-state index contributed by atoms with van der Waals surface area (Å²) in [5.41, 5.74) is 2.30. The first-order chi connectivity index (χ1) is 15.0. The average Bonchev–Trinajstić information content (AvgIpc) is 3.51. The molecule has 1 N–H and O–H groups in total. The molecule has 1 fully saturated rings. The third kappa shape index (κ3) is 3.73. The number of fused-ring (bicyclic) bond motifs is 1. The van der Waals surface area contributed by atoms with E-state index in [1.165, 1.54) is 23.2 Å². The molecule has 2 unspecified atom stereocenters. The molecule has 3 aromatic heterocycles. The van der Waals surface area contributed by atoms with E-state index in [4.69, 9.17) is 28.0 Å². The van der Waals surface area contributed by atoms with Gasteiger partial charge in [-0.05, 0) is 37.6 Å². The quantitative estimate of drug-likeness (QED) is 0.456. The first kappa shape index (κ1) is 20.2. The maximum absolute atomic E-state index is 13.9. The first-order valence-electron chi connectivity index (χ1n) is 9.77. The molecule has 0 bridgehead atoms. The Morgan fingerprint density at radius 3 is 2.94 bits per heavy atom.